The molecule has 1 aromatic rings. The molecule has 0 radical (unpaired) electrons. The number of aromatic nitrogens is 2. The van der Waals surface area contributed by atoms with Crippen molar-refractivity contribution in [3.05, 3.63) is 17.5 Å². The normalized spacial score (nSPS) is 13.6. The summed E-state index contributed by atoms with van der Waals surface area (Å²) in [4.78, 5) is 0. The van der Waals surface area contributed by atoms with Gasteiger partial charge in [0.15, 0.2) is 0 Å². The predicted octanol–water partition coefficient (Wildman–Crippen LogP) is 2.06. The molecule has 0 amide bonds. The van der Waals surface area contributed by atoms with Crippen LogP contribution in [0.25, 0.3) is 0 Å². The minimum atomic E-state index is -0.382. The fourth-order valence-corrected chi connectivity index (χ4v) is 1.60. The van der Waals surface area contributed by atoms with Gasteiger partial charge in [0.05, 0.1) is 17.5 Å². The number of hydrogen-bond donors (Lipinski definition) is 1. The summed E-state index contributed by atoms with van der Waals surface area (Å²) < 4.78 is 1.78. The van der Waals surface area contributed by atoms with Gasteiger partial charge in [-0.3, -0.25) is 4.68 Å². The van der Waals surface area contributed by atoms with Gasteiger partial charge in [-0.1, -0.05) is 20.8 Å². The van der Waals surface area contributed by atoms with E-state index in [4.69, 9.17) is 0 Å². The number of aryl methyl sites for hydroxylation is 2. The third kappa shape index (κ3) is 2.58. The highest BCUT2D eigenvalue weighted by Crippen LogP contribution is 2.21. The molecule has 0 aromatic carbocycles. The minimum Gasteiger partial charge on any atom is -0.387 e. The van der Waals surface area contributed by atoms with Crippen molar-refractivity contribution in [2.24, 2.45) is 13.0 Å². The molecule has 1 N–H and O–H groups in total. The standard InChI is InChI=1S/C11H20N2O/c1-5-9-7-10(13(4)12-9)11(14)6-8(2)3/h7-8,11,14H,5-6H2,1-4H3. The second-order valence-corrected chi connectivity index (χ2v) is 4.18. The predicted molar refractivity (Wildman–Crippen MR) is 57.0 cm³/mol. The van der Waals surface area contributed by atoms with Gasteiger partial charge in [-0.15, -0.1) is 0 Å². The number of aliphatic hydroxyl groups excluding tert-OH is 1. The van der Waals surface area contributed by atoms with Crippen molar-refractivity contribution in [2.75, 3.05) is 0 Å². The van der Waals surface area contributed by atoms with Gasteiger partial charge in [-0.25, -0.2) is 0 Å². The van der Waals surface area contributed by atoms with Gasteiger partial charge >= 0.3 is 0 Å². The van der Waals surface area contributed by atoms with Gasteiger partial charge < -0.3 is 5.11 Å². The smallest absolute Gasteiger partial charge is 0.0959 e. The minimum absolute atomic E-state index is 0.382. The van der Waals surface area contributed by atoms with E-state index in [0.29, 0.717) is 5.92 Å². The lowest BCUT2D eigenvalue weighted by atomic mass is 10.0. The molecule has 1 unspecified atom stereocenters. The zero-order valence-corrected chi connectivity index (χ0v) is 9.49. The fraction of sp³-hybridized carbons (Fsp3) is 0.727. The molecule has 0 aliphatic carbocycles. The third-order valence-electron chi connectivity index (χ3n) is 2.36. The summed E-state index contributed by atoms with van der Waals surface area (Å²) >= 11 is 0. The third-order valence-corrected chi connectivity index (χ3v) is 2.36. The molecule has 14 heavy (non-hydrogen) atoms. The Bertz CT molecular complexity index is 291. The van der Waals surface area contributed by atoms with E-state index in [1.54, 1.807) is 4.68 Å². The molecule has 3 heteroatoms. The molecule has 3 nitrogen and oxygen atoms in total. The SMILES string of the molecule is CCc1cc(C(O)CC(C)C)n(C)n1. The van der Waals surface area contributed by atoms with Gasteiger partial charge in [0.25, 0.3) is 0 Å². The molecule has 0 bridgehead atoms. The molecule has 0 aliphatic rings. The Kier molecular flexibility index (Phi) is 3.69. The summed E-state index contributed by atoms with van der Waals surface area (Å²) in [5.74, 6) is 0.505. The average Bonchev–Trinajstić information content (AvgIpc) is 2.45. The second-order valence-electron chi connectivity index (χ2n) is 4.18. The molecule has 1 heterocycles. The van der Waals surface area contributed by atoms with Crippen molar-refractivity contribution < 1.29 is 5.11 Å². The molecule has 80 valence electrons. The lowest BCUT2D eigenvalue weighted by molar-refractivity contribution is 0.142. The van der Waals surface area contributed by atoms with E-state index in [9.17, 15) is 5.11 Å². The maximum Gasteiger partial charge on any atom is 0.0959 e. The first kappa shape index (κ1) is 11.2. The topological polar surface area (TPSA) is 38.0 Å². The van der Waals surface area contributed by atoms with Gasteiger partial charge in [-0.2, -0.15) is 5.10 Å². The highest BCUT2D eigenvalue weighted by molar-refractivity contribution is 5.12. The lowest BCUT2D eigenvalue weighted by Crippen LogP contribution is -2.07. The summed E-state index contributed by atoms with van der Waals surface area (Å²) in [5, 5.41) is 14.2. The van der Waals surface area contributed by atoms with Crippen molar-refractivity contribution >= 4 is 0 Å². The van der Waals surface area contributed by atoms with Crippen molar-refractivity contribution in [3.63, 3.8) is 0 Å². The monoisotopic (exact) mass is 196 g/mol. The van der Waals surface area contributed by atoms with Gasteiger partial charge in [0.1, 0.15) is 0 Å². The quantitative estimate of drug-likeness (QED) is 0.800. The molecule has 0 saturated heterocycles. The van der Waals surface area contributed by atoms with E-state index in [-0.39, 0.29) is 6.10 Å². The van der Waals surface area contributed by atoms with E-state index >= 15 is 0 Å². The first-order valence-corrected chi connectivity index (χ1v) is 5.25. The average molecular weight is 196 g/mol. The van der Waals surface area contributed by atoms with Crippen LogP contribution in [0.3, 0.4) is 0 Å². The van der Waals surface area contributed by atoms with Crippen molar-refractivity contribution in [3.8, 4) is 0 Å². The lowest BCUT2D eigenvalue weighted by Gasteiger charge is -2.12. The second kappa shape index (κ2) is 4.60. The maximum atomic E-state index is 9.92. The van der Waals surface area contributed by atoms with E-state index in [0.717, 1.165) is 24.2 Å². The number of rotatable bonds is 4. The van der Waals surface area contributed by atoms with E-state index in [1.807, 2.05) is 13.1 Å². The largest absolute Gasteiger partial charge is 0.387 e. The molecule has 0 spiro atoms. The summed E-state index contributed by atoms with van der Waals surface area (Å²) in [6, 6.07) is 1.99. The van der Waals surface area contributed by atoms with Gasteiger partial charge in [0.2, 0.25) is 0 Å². The molecular formula is C11H20N2O. The Hall–Kier alpha value is -0.830. The highest BCUT2D eigenvalue weighted by Gasteiger charge is 2.14. The van der Waals surface area contributed by atoms with Crippen LogP contribution in [0.2, 0.25) is 0 Å². The van der Waals surface area contributed by atoms with Crippen molar-refractivity contribution in [2.45, 2.75) is 39.7 Å². The highest BCUT2D eigenvalue weighted by atomic mass is 16.3. The van der Waals surface area contributed by atoms with Gasteiger partial charge in [0, 0.05) is 7.05 Å². The molecule has 1 rings (SSSR count). The van der Waals surface area contributed by atoms with Crippen LogP contribution in [0.1, 0.15) is 44.7 Å². The fourth-order valence-electron chi connectivity index (χ4n) is 1.60. The van der Waals surface area contributed by atoms with Crippen LogP contribution in [0.15, 0.2) is 6.07 Å². The molecule has 1 aromatic heterocycles. The maximum absolute atomic E-state index is 9.92. The Morgan fingerprint density at radius 1 is 1.50 bits per heavy atom. The summed E-state index contributed by atoms with van der Waals surface area (Å²) in [7, 11) is 1.89. The molecule has 0 saturated carbocycles. The van der Waals surface area contributed by atoms with Crippen LogP contribution in [0, 0.1) is 5.92 Å². The first-order valence-electron chi connectivity index (χ1n) is 5.25. The number of nitrogens with zero attached hydrogens (tertiary/aromatic N) is 2. The molecule has 0 aliphatic heterocycles. The van der Waals surface area contributed by atoms with Crippen molar-refractivity contribution in [1.29, 1.82) is 0 Å². The summed E-state index contributed by atoms with van der Waals surface area (Å²) in [6.07, 6.45) is 1.33. The van der Waals surface area contributed by atoms with Crippen LogP contribution in [0.4, 0.5) is 0 Å². The molecule has 0 fully saturated rings. The van der Waals surface area contributed by atoms with Crippen LogP contribution < -0.4 is 0 Å². The first-order chi connectivity index (χ1) is 6.54. The Labute approximate surface area is 85.8 Å². The summed E-state index contributed by atoms with van der Waals surface area (Å²) in [6.45, 7) is 6.29. The van der Waals surface area contributed by atoms with Crippen LogP contribution in [-0.4, -0.2) is 14.9 Å². The van der Waals surface area contributed by atoms with E-state index < -0.39 is 0 Å². The number of hydrogen-bond acceptors (Lipinski definition) is 2. The van der Waals surface area contributed by atoms with Crippen LogP contribution >= 0.6 is 0 Å². The van der Waals surface area contributed by atoms with Crippen molar-refractivity contribution in [1.82, 2.24) is 9.78 Å². The zero-order chi connectivity index (χ0) is 10.7. The van der Waals surface area contributed by atoms with E-state index in [2.05, 4.69) is 25.9 Å². The zero-order valence-electron chi connectivity index (χ0n) is 9.49. The Balaban J connectivity index is 2.78. The summed E-state index contributed by atoms with van der Waals surface area (Å²) in [5.41, 5.74) is 1.97. The number of aliphatic hydroxyl groups is 1. The molecule has 1 atom stereocenters. The Morgan fingerprint density at radius 2 is 2.14 bits per heavy atom. The van der Waals surface area contributed by atoms with Crippen LogP contribution in [-0.2, 0) is 13.5 Å². The molecular weight excluding hydrogens is 176 g/mol. The van der Waals surface area contributed by atoms with Crippen LogP contribution in [0.5, 0.6) is 0 Å². The van der Waals surface area contributed by atoms with E-state index in [1.165, 1.54) is 0 Å². The Morgan fingerprint density at radius 3 is 2.57 bits per heavy atom. The van der Waals surface area contributed by atoms with Gasteiger partial charge in [-0.05, 0) is 24.8 Å².